The third kappa shape index (κ3) is 31.4. The second-order valence-electron chi connectivity index (χ2n) is 8.83. The predicted molar refractivity (Wildman–Crippen MR) is 166 cm³/mol. The van der Waals surface area contributed by atoms with Crippen molar-refractivity contribution >= 4 is 0 Å². The summed E-state index contributed by atoms with van der Waals surface area (Å²) in [6, 6.07) is 0. The van der Waals surface area contributed by atoms with Crippen LogP contribution >= 0.6 is 0 Å². The van der Waals surface area contributed by atoms with E-state index in [4.69, 9.17) is 56.8 Å². The fraction of sp³-hybridized carbons (Fsp3) is 0.724. The first-order valence-electron chi connectivity index (χ1n) is 14.6. The highest BCUT2D eigenvalue weighted by Gasteiger charge is 2.32. The van der Waals surface area contributed by atoms with Crippen LogP contribution in [0.2, 0.25) is 0 Å². The molecule has 45 heavy (non-hydrogen) atoms. The van der Waals surface area contributed by atoms with E-state index in [1.54, 1.807) is 0 Å². The Bertz CT molecular complexity index is 557. The molecular weight excluding hydrogens is 596 g/mol. The summed E-state index contributed by atoms with van der Waals surface area (Å²) in [6.45, 7) is 20.6. The van der Waals surface area contributed by atoms with E-state index in [1.165, 1.54) is 25.0 Å². The van der Waals surface area contributed by atoms with Crippen molar-refractivity contribution in [3.8, 4) is 0 Å². The van der Waals surface area contributed by atoms with Gasteiger partial charge in [0.25, 0.3) is 0 Å². The smallest absolute Gasteiger partial charge is 0.140 e. The molecule has 16 nitrogen and oxygen atoms in total. The minimum Gasteiger partial charge on any atom is -0.487 e. The quantitative estimate of drug-likeness (QED) is 0.0417. The molecule has 0 aromatic rings. The topological polar surface area (TPSA) is 159 Å². The van der Waals surface area contributed by atoms with Crippen LogP contribution in [0.3, 0.4) is 0 Å². The van der Waals surface area contributed by atoms with E-state index in [2.05, 4.69) is 47.6 Å². The van der Waals surface area contributed by atoms with Gasteiger partial charge in [0.1, 0.15) is 26.9 Å². The van der Waals surface area contributed by atoms with E-state index in [9.17, 15) is 0 Å². The maximum Gasteiger partial charge on any atom is 0.140 e. The number of hydrogen-bond acceptors (Lipinski definition) is 16. The van der Waals surface area contributed by atoms with Crippen LogP contribution in [-0.4, -0.2) is 133 Å². The summed E-state index contributed by atoms with van der Waals surface area (Å²) >= 11 is 0. The molecule has 0 fully saturated rings. The van der Waals surface area contributed by atoms with Gasteiger partial charge in [-0.05, 0) is 0 Å². The van der Waals surface area contributed by atoms with E-state index in [0.717, 1.165) is 0 Å². The van der Waals surface area contributed by atoms with E-state index in [-0.39, 0.29) is 0 Å². The van der Waals surface area contributed by atoms with E-state index < -0.39 is 5.41 Å². The fourth-order valence-corrected chi connectivity index (χ4v) is 3.09. The van der Waals surface area contributed by atoms with Crippen LogP contribution < -0.4 is 21.3 Å². The third-order valence-electron chi connectivity index (χ3n) is 5.15. The minimum atomic E-state index is -0.627. The molecule has 264 valence electrons. The Morgan fingerprint density at radius 1 is 0.333 bits per heavy atom. The molecule has 0 heterocycles. The minimum absolute atomic E-state index is 0.299. The fourth-order valence-electron chi connectivity index (χ4n) is 3.09. The van der Waals surface area contributed by atoms with E-state index in [1.807, 2.05) is 0 Å². The molecule has 0 aliphatic carbocycles. The maximum atomic E-state index is 6.00. The summed E-state index contributed by atoms with van der Waals surface area (Å²) in [4.78, 5) is 0. The van der Waals surface area contributed by atoms with Crippen molar-refractivity contribution in [2.24, 2.45) is 5.41 Å². The summed E-state index contributed by atoms with van der Waals surface area (Å²) < 4.78 is 66.0. The average Bonchev–Trinajstić information content (AvgIpc) is 3.05. The van der Waals surface area contributed by atoms with Gasteiger partial charge in [-0.1, -0.05) is 26.3 Å². The summed E-state index contributed by atoms with van der Waals surface area (Å²) in [7, 11) is 0. The molecule has 4 N–H and O–H groups in total. The van der Waals surface area contributed by atoms with Gasteiger partial charge < -0.3 is 56.8 Å². The van der Waals surface area contributed by atoms with Gasteiger partial charge >= 0.3 is 0 Å². The maximum absolute atomic E-state index is 6.00. The lowest BCUT2D eigenvalue weighted by molar-refractivity contribution is -0.122. The summed E-state index contributed by atoms with van der Waals surface area (Å²) in [5.41, 5.74) is -0.627. The van der Waals surface area contributed by atoms with Crippen molar-refractivity contribution < 1.29 is 56.8 Å². The molecule has 0 atom stereocenters. The first-order valence-corrected chi connectivity index (χ1v) is 14.6. The van der Waals surface area contributed by atoms with Crippen molar-refractivity contribution in [2.75, 3.05) is 133 Å². The molecule has 0 saturated heterocycles. The standard InChI is InChI=1S/C29H56N4O12/c1-5-34-21-30-25-42-13-9-38-17-29(18-39-10-14-43-26-31-22-35-6-2,19-40-11-15-44-27-32-23-36-7-3)20-41-12-16-45-28-33-24-37-8-4/h5-8,30-33H,1-4,9-28H2. The molecule has 16 heteroatoms. The van der Waals surface area contributed by atoms with Gasteiger partial charge in [0.15, 0.2) is 0 Å². The van der Waals surface area contributed by atoms with Crippen LogP contribution in [0, 0.1) is 5.41 Å². The van der Waals surface area contributed by atoms with Crippen molar-refractivity contribution in [1.82, 2.24) is 21.3 Å². The lowest BCUT2D eigenvalue weighted by Crippen LogP contribution is -2.43. The highest BCUT2D eigenvalue weighted by atomic mass is 16.6. The first-order chi connectivity index (χ1) is 22.2. The van der Waals surface area contributed by atoms with Crippen LogP contribution in [0.15, 0.2) is 51.4 Å². The Labute approximate surface area is 268 Å². The second-order valence-corrected chi connectivity index (χ2v) is 8.83. The van der Waals surface area contributed by atoms with Crippen LogP contribution in [0.5, 0.6) is 0 Å². The van der Waals surface area contributed by atoms with E-state index >= 15 is 0 Å². The molecule has 0 rings (SSSR count). The van der Waals surface area contributed by atoms with Crippen LogP contribution in [-0.2, 0) is 56.8 Å². The van der Waals surface area contributed by atoms with Gasteiger partial charge in [-0.3, -0.25) is 21.3 Å². The largest absolute Gasteiger partial charge is 0.487 e. The zero-order valence-corrected chi connectivity index (χ0v) is 26.7. The monoisotopic (exact) mass is 652 g/mol. The predicted octanol–water partition coefficient (Wildman–Crippen LogP) is 0.764. The lowest BCUT2D eigenvalue weighted by Gasteiger charge is -2.33. The summed E-state index contributed by atoms with van der Waals surface area (Å²) in [5, 5.41) is 11.8. The SMILES string of the molecule is C=COCNCOCCOCC(COCCOCNCOC=C)(COCCOCNCOC=C)COCCOCNCOC=C. The molecule has 0 unspecified atom stereocenters. The van der Waals surface area contributed by atoms with Crippen LogP contribution in [0.4, 0.5) is 0 Å². The van der Waals surface area contributed by atoms with Crippen LogP contribution in [0.25, 0.3) is 0 Å². The van der Waals surface area contributed by atoms with Gasteiger partial charge in [0.05, 0.1) is 137 Å². The Morgan fingerprint density at radius 2 is 0.556 bits per heavy atom. The molecule has 0 aliphatic heterocycles. The number of nitrogens with one attached hydrogen (secondary N) is 4. The summed E-state index contributed by atoms with van der Waals surface area (Å²) in [5.74, 6) is 0. The van der Waals surface area contributed by atoms with Gasteiger partial charge in [0, 0.05) is 0 Å². The Balaban J connectivity index is 4.88. The molecule has 0 saturated carbocycles. The van der Waals surface area contributed by atoms with Crippen molar-refractivity contribution in [3.05, 3.63) is 51.4 Å². The molecule has 0 radical (unpaired) electrons. The first kappa shape index (κ1) is 42.7. The second kappa shape index (κ2) is 36.2. The van der Waals surface area contributed by atoms with E-state index in [0.29, 0.717) is 133 Å². The number of hydrogen-bond donors (Lipinski definition) is 4. The Kier molecular flexibility index (Phi) is 34.3. The molecule has 0 aliphatic rings. The molecular formula is C29H56N4O12. The van der Waals surface area contributed by atoms with Gasteiger partial charge in [-0.15, -0.1) is 0 Å². The van der Waals surface area contributed by atoms with Crippen LogP contribution in [0.1, 0.15) is 0 Å². The number of ether oxygens (including phenoxy) is 12. The Hall–Kier alpha value is -2.32. The lowest BCUT2D eigenvalue weighted by atomic mass is 9.92. The molecule has 0 amide bonds. The van der Waals surface area contributed by atoms with Gasteiger partial charge in [-0.2, -0.15) is 0 Å². The third-order valence-corrected chi connectivity index (χ3v) is 5.15. The average molecular weight is 653 g/mol. The van der Waals surface area contributed by atoms with Crippen molar-refractivity contribution in [2.45, 2.75) is 0 Å². The van der Waals surface area contributed by atoms with Gasteiger partial charge in [0.2, 0.25) is 0 Å². The zero-order valence-electron chi connectivity index (χ0n) is 26.7. The molecule has 0 spiro atoms. The molecule has 0 bridgehead atoms. The van der Waals surface area contributed by atoms with Gasteiger partial charge in [-0.25, -0.2) is 0 Å². The molecule has 0 aromatic carbocycles. The zero-order chi connectivity index (χ0) is 32.8. The normalized spacial score (nSPS) is 11.2. The highest BCUT2D eigenvalue weighted by Crippen LogP contribution is 2.21. The van der Waals surface area contributed by atoms with Crippen molar-refractivity contribution in [1.29, 1.82) is 0 Å². The Morgan fingerprint density at radius 3 is 0.778 bits per heavy atom. The summed E-state index contributed by atoms with van der Waals surface area (Å²) in [6.07, 6.45) is 5.42. The molecule has 0 aromatic heterocycles. The highest BCUT2D eigenvalue weighted by molar-refractivity contribution is 4.79. The number of rotatable bonds is 40. The van der Waals surface area contributed by atoms with Crippen molar-refractivity contribution in [3.63, 3.8) is 0 Å².